The molecule has 1 saturated carbocycles. The maximum absolute atomic E-state index is 11.2. The Bertz CT molecular complexity index is 265. The van der Waals surface area contributed by atoms with E-state index in [2.05, 4.69) is 5.32 Å². The number of aliphatic carboxylic acids is 1. The van der Waals surface area contributed by atoms with Gasteiger partial charge in [0.05, 0.1) is 12.0 Å². The molecule has 0 aromatic rings. The highest BCUT2D eigenvalue weighted by atomic mass is 16.6. The Kier molecular flexibility index (Phi) is 4.58. The first-order chi connectivity index (χ1) is 7.50. The Labute approximate surface area is 95.2 Å². The van der Waals surface area contributed by atoms with Gasteiger partial charge in [-0.15, -0.1) is 0 Å². The van der Waals surface area contributed by atoms with Crippen LogP contribution >= 0.6 is 0 Å². The molecule has 1 rings (SSSR count). The van der Waals surface area contributed by atoms with Gasteiger partial charge in [-0.1, -0.05) is 6.42 Å². The number of carbonyl (C=O) groups is 2. The normalized spacial score (nSPS) is 24.4. The van der Waals surface area contributed by atoms with Crippen molar-refractivity contribution in [1.29, 1.82) is 0 Å². The number of hydrogen-bond donors (Lipinski definition) is 2. The van der Waals surface area contributed by atoms with Crippen molar-refractivity contribution in [1.82, 2.24) is 5.32 Å². The van der Waals surface area contributed by atoms with E-state index in [4.69, 9.17) is 9.84 Å². The van der Waals surface area contributed by atoms with Gasteiger partial charge in [-0.2, -0.15) is 0 Å². The lowest BCUT2D eigenvalue weighted by Crippen LogP contribution is -2.34. The van der Waals surface area contributed by atoms with Crippen LogP contribution in [0.15, 0.2) is 0 Å². The van der Waals surface area contributed by atoms with Gasteiger partial charge in [-0.05, 0) is 32.6 Å². The number of amides is 1. The predicted octanol–water partition coefficient (Wildman–Crippen LogP) is 1.62. The fourth-order valence-corrected chi connectivity index (χ4v) is 2.08. The Morgan fingerprint density at radius 2 is 2.12 bits per heavy atom. The van der Waals surface area contributed by atoms with E-state index in [1.54, 1.807) is 13.8 Å². The monoisotopic (exact) mass is 229 g/mol. The molecule has 0 spiro atoms. The van der Waals surface area contributed by atoms with Gasteiger partial charge in [0, 0.05) is 6.54 Å². The molecule has 2 N–H and O–H groups in total. The summed E-state index contributed by atoms with van der Waals surface area (Å²) in [5.74, 6) is -1.04. The molecule has 1 fully saturated rings. The Morgan fingerprint density at radius 3 is 2.69 bits per heavy atom. The minimum atomic E-state index is -0.762. The topological polar surface area (TPSA) is 75.6 Å². The summed E-state index contributed by atoms with van der Waals surface area (Å²) in [5.41, 5.74) is 0. The molecule has 0 aromatic carbocycles. The molecule has 2 unspecified atom stereocenters. The number of hydrogen-bond acceptors (Lipinski definition) is 3. The highest BCUT2D eigenvalue weighted by Gasteiger charge is 2.32. The van der Waals surface area contributed by atoms with Crippen LogP contribution in [0.5, 0.6) is 0 Å². The smallest absolute Gasteiger partial charge is 0.407 e. The maximum atomic E-state index is 11.2. The van der Waals surface area contributed by atoms with Crippen molar-refractivity contribution in [2.24, 2.45) is 11.8 Å². The third-order valence-corrected chi connectivity index (χ3v) is 2.83. The van der Waals surface area contributed by atoms with Crippen molar-refractivity contribution in [3.63, 3.8) is 0 Å². The van der Waals surface area contributed by atoms with Crippen LogP contribution in [-0.4, -0.2) is 29.8 Å². The average molecular weight is 229 g/mol. The molecular formula is C11H19NO4. The standard InChI is InChI=1S/C11H19NO4/c1-7(2)16-11(15)12-6-8-4-3-5-9(8)10(13)14/h7-9H,3-6H2,1-2H3,(H,12,15)(H,13,14). The van der Waals surface area contributed by atoms with Crippen molar-refractivity contribution in [2.75, 3.05) is 6.54 Å². The van der Waals surface area contributed by atoms with Crippen LogP contribution in [0, 0.1) is 11.8 Å². The number of carboxylic acids is 1. The summed E-state index contributed by atoms with van der Waals surface area (Å²) < 4.78 is 4.91. The summed E-state index contributed by atoms with van der Waals surface area (Å²) in [7, 11) is 0. The zero-order valence-corrected chi connectivity index (χ0v) is 9.73. The van der Waals surface area contributed by atoms with Crippen LogP contribution in [0.2, 0.25) is 0 Å². The molecule has 0 aliphatic heterocycles. The van der Waals surface area contributed by atoms with E-state index in [9.17, 15) is 9.59 Å². The lowest BCUT2D eigenvalue weighted by molar-refractivity contribution is -0.142. The Morgan fingerprint density at radius 1 is 1.44 bits per heavy atom. The maximum Gasteiger partial charge on any atom is 0.407 e. The van der Waals surface area contributed by atoms with Crippen LogP contribution in [0.3, 0.4) is 0 Å². The number of rotatable bonds is 4. The molecule has 1 amide bonds. The van der Waals surface area contributed by atoms with Crippen molar-refractivity contribution in [3.05, 3.63) is 0 Å². The molecule has 1 aliphatic carbocycles. The SMILES string of the molecule is CC(C)OC(=O)NCC1CCCC1C(=O)O. The molecule has 0 bridgehead atoms. The first kappa shape index (κ1) is 12.8. The van der Waals surface area contributed by atoms with Gasteiger partial charge in [0.2, 0.25) is 0 Å². The van der Waals surface area contributed by atoms with Gasteiger partial charge in [-0.25, -0.2) is 4.79 Å². The van der Waals surface area contributed by atoms with Crippen molar-refractivity contribution >= 4 is 12.1 Å². The van der Waals surface area contributed by atoms with Crippen LogP contribution in [0.25, 0.3) is 0 Å². The lowest BCUT2D eigenvalue weighted by atomic mass is 9.96. The lowest BCUT2D eigenvalue weighted by Gasteiger charge is -2.16. The molecule has 1 aliphatic rings. The molecule has 0 radical (unpaired) electrons. The van der Waals surface area contributed by atoms with Crippen molar-refractivity contribution < 1.29 is 19.4 Å². The fraction of sp³-hybridized carbons (Fsp3) is 0.818. The van der Waals surface area contributed by atoms with E-state index < -0.39 is 12.1 Å². The second-order valence-corrected chi connectivity index (χ2v) is 4.47. The zero-order valence-electron chi connectivity index (χ0n) is 9.73. The molecule has 0 saturated heterocycles. The highest BCUT2D eigenvalue weighted by molar-refractivity contribution is 5.71. The molecule has 5 heteroatoms. The summed E-state index contributed by atoms with van der Waals surface area (Å²) in [6, 6.07) is 0. The van der Waals surface area contributed by atoms with Gasteiger partial charge in [0.15, 0.2) is 0 Å². The largest absolute Gasteiger partial charge is 0.481 e. The van der Waals surface area contributed by atoms with E-state index >= 15 is 0 Å². The Hall–Kier alpha value is -1.26. The third-order valence-electron chi connectivity index (χ3n) is 2.83. The molecule has 2 atom stereocenters. The molecule has 92 valence electrons. The quantitative estimate of drug-likeness (QED) is 0.768. The summed E-state index contributed by atoms with van der Waals surface area (Å²) >= 11 is 0. The number of nitrogens with one attached hydrogen (secondary N) is 1. The number of ether oxygens (including phenoxy) is 1. The molecular weight excluding hydrogens is 210 g/mol. The van der Waals surface area contributed by atoms with E-state index in [0.717, 1.165) is 12.8 Å². The molecule has 16 heavy (non-hydrogen) atoms. The van der Waals surface area contributed by atoms with E-state index in [-0.39, 0.29) is 17.9 Å². The van der Waals surface area contributed by atoms with Crippen molar-refractivity contribution in [3.8, 4) is 0 Å². The third kappa shape index (κ3) is 3.72. The van der Waals surface area contributed by atoms with E-state index in [1.807, 2.05) is 0 Å². The van der Waals surface area contributed by atoms with Gasteiger partial charge in [0.25, 0.3) is 0 Å². The summed E-state index contributed by atoms with van der Waals surface area (Å²) in [6.07, 6.45) is 1.87. The van der Waals surface area contributed by atoms with Gasteiger partial charge < -0.3 is 15.2 Å². The highest BCUT2D eigenvalue weighted by Crippen LogP contribution is 2.31. The average Bonchev–Trinajstić information content (AvgIpc) is 2.61. The van der Waals surface area contributed by atoms with Gasteiger partial charge in [0.1, 0.15) is 0 Å². The van der Waals surface area contributed by atoms with Crippen LogP contribution in [-0.2, 0) is 9.53 Å². The van der Waals surface area contributed by atoms with Gasteiger partial charge in [-0.3, -0.25) is 4.79 Å². The summed E-state index contributed by atoms with van der Waals surface area (Å²) in [5, 5.41) is 11.6. The van der Waals surface area contributed by atoms with E-state index in [1.165, 1.54) is 0 Å². The molecule has 0 aromatic heterocycles. The predicted molar refractivity (Wildman–Crippen MR) is 58.1 cm³/mol. The first-order valence-corrected chi connectivity index (χ1v) is 5.68. The van der Waals surface area contributed by atoms with Crippen LogP contribution in [0.4, 0.5) is 4.79 Å². The fourth-order valence-electron chi connectivity index (χ4n) is 2.08. The second-order valence-electron chi connectivity index (χ2n) is 4.47. The molecule has 0 heterocycles. The van der Waals surface area contributed by atoms with Crippen LogP contribution in [0.1, 0.15) is 33.1 Å². The zero-order chi connectivity index (χ0) is 12.1. The number of alkyl carbamates (subject to hydrolysis) is 1. The summed E-state index contributed by atoms with van der Waals surface area (Å²) in [4.78, 5) is 22.1. The summed E-state index contributed by atoms with van der Waals surface area (Å²) in [6.45, 7) is 3.94. The first-order valence-electron chi connectivity index (χ1n) is 5.68. The second kappa shape index (κ2) is 5.72. The van der Waals surface area contributed by atoms with Gasteiger partial charge >= 0.3 is 12.1 Å². The van der Waals surface area contributed by atoms with E-state index in [0.29, 0.717) is 13.0 Å². The van der Waals surface area contributed by atoms with Crippen molar-refractivity contribution in [2.45, 2.75) is 39.2 Å². The number of carbonyl (C=O) groups excluding carboxylic acids is 1. The Balaban J connectivity index is 2.31. The minimum Gasteiger partial charge on any atom is -0.481 e. The number of carboxylic acid groups (broad SMARTS) is 1. The molecule has 5 nitrogen and oxygen atoms in total. The minimum absolute atomic E-state index is 0.0391. The van der Waals surface area contributed by atoms with Crippen LogP contribution < -0.4 is 5.32 Å².